The molecule has 1 saturated heterocycles. The zero-order chi connectivity index (χ0) is 30.9. The lowest BCUT2D eigenvalue weighted by molar-refractivity contribution is -0.140. The fraction of sp³-hybridized carbons (Fsp3) is 0.429. The van der Waals surface area contributed by atoms with Gasteiger partial charge in [-0.3, -0.25) is 9.79 Å². The number of carbonyl (C=O) groups is 2. The molecule has 15 heteroatoms. The van der Waals surface area contributed by atoms with E-state index >= 15 is 0 Å². The second-order valence-corrected chi connectivity index (χ2v) is 13.7. The molecule has 0 bridgehead atoms. The van der Waals surface area contributed by atoms with Crippen LogP contribution in [0.5, 0.6) is 0 Å². The summed E-state index contributed by atoms with van der Waals surface area (Å²) >= 11 is 7.54. The van der Waals surface area contributed by atoms with E-state index in [9.17, 15) is 31.9 Å². The second kappa shape index (κ2) is 12.8. The van der Waals surface area contributed by atoms with Crippen molar-refractivity contribution in [2.75, 3.05) is 19.7 Å². The number of esters is 1. The lowest BCUT2D eigenvalue weighted by Gasteiger charge is -2.37. The highest BCUT2D eigenvalue weighted by molar-refractivity contribution is 7.89. The molecule has 1 aromatic heterocycles. The van der Waals surface area contributed by atoms with E-state index in [0.29, 0.717) is 29.4 Å². The number of aliphatic imine (C=N–C) groups is 1. The number of benzene rings is 1. The van der Waals surface area contributed by atoms with Crippen molar-refractivity contribution in [3.63, 3.8) is 0 Å². The van der Waals surface area contributed by atoms with Gasteiger partial charge in [0, 0.05) is 41.8 Å². The van der Waals surface area contributed by atoms with Crippen molar-refractivity contribution in [3.8, 4) is 0 Å². The van der Waals surface area contributed by atoms with Gasteiger partial charge in [-0.15, -0.1) is 11.3 Å². The summed E-state index contributed by atoms with van der Waals surface area (Å²) < 4.78 is 62.2. The summed E-state index contributed by atoms with van der Waals surface area (Å²) in [5.41, 5.74) is 0.579. The third-order valence-electron chi connectivity index (χ3n) is 7.81. The Labute approximate surface area is 256 Å². The zero-order valence-electron chi connectivity index (χ0n) is 23.0. The van der Waals surface area contributed by atoms with Crippen molar-refractivity contribution in [3.05, 3.63) is 74.4 Å². The molecule has 0 amide bonds. The molecule has 1 aliphatic carbocycles. The van der Waals surface area contributed by atoms with Crippen molar-refractivity contribution < 1.29 is 36.6 Å². The number of ether oxygens (including phenoxy) is 1. The fourth-order valence-electron chi connectivity index (χ4n) is 5.59. The third-order valence-corrected chi connectivity index (χ3v) is 11.2. The zero-order valence-corrected chi connectivity index (χ0v) is 25.4. The molecule has 43 heavy (non-hydrogen) atoms. The normalized spacial score (nSPS) is 23.5. The molecule has 230 valence electrons. The molecular weight excluding hydrogens is 626 g/mol. The standard InChI is InChI=1S/C28H29ClF2N4O6S2/c1-2-41-28(38)20-23(15-9-12-35(13-10-15)43(39,40)17-5-3-16(4-6-17)27(36)37)33-25(26-32-11-14-42-26)34-24(20)18-7-8-19(30)22(31)21(18)29/h3,5,7-8,11,14-17,24H,2,4,6,9-10,12-13H2,1H3,(H,33,34)(H,36,37)/t16-,17-,24+/m1/s1. The Hall–Kier alpha value is -3.20. The van der Waals surface area contributed by atoms with E-state index in [4.69, 9.17) is 16.3 Å². The van der Waals surface area contributed by atoms with Crippen LogP contribution in [0.1, 0.15) is 49.2 Å². The maximum atomic E-state index is 14.6. The minimum absolute atomic E-state index is 0.0469. The van der Waals surface area contributed by atoms with Gasteiger partial charge in [0.15, 0.2) is 22.5 Å². The van der Waals surface area contributed by atoms with Gasteiger partial charge >= 0.3 is 11.9 Å². The van der Waals surface area contributed by atoms with Gasteiger partial charge in [0.05, 0.1) is 28.4 Å². The quantitative estimate of drug-likeness (QED) is 0.242. The van der Waals surface area contributed by atoms with Crippen molar-refractivity contribution in [2.24, 2.45) is 16.8 Å². The van der Waals surface area contributed by atoms with Gasteiger partial charge in [0.25, 0.3) is 0 Å². The number of thiazole rings is 1. The number of amidine groups is 1. The van der Waals surface area contributed by atoms with Crippen LogP contribution in [0.25, 0.3) is 0 Å². The van der Waals surface area contributed by atoms with Gasteiger partial charge < -0.3 is 15.2 Å². The van der Waals surface area contributed by atoms with Crippen molar-refractivity contribution >= 4 is 50.7 Å². The Morgan fingerprint density at radius 1 is 1.19 bits per heavy atom. The van der Waals surface area contributed by atoms with Crippen LogP contribution >= 0.6 is 22.9 Å². The molecule has 3 aliphatic rings. The SMILES string of the molecule is CCOC(=O)C1=C(C2CCN(S(=O)(=O)[C@@H]3C=C[C@@H](C(=O)O)CC3)CC2)NC(c2nccs2)=N[C@H]1c1ccc(F)c(F)c1Cl. The molecule has 1 aromatic carbocycles. The Bertz CT molecular complexity index is 1600. The number of allylic oxidation sites excluding steroid dienone is 1. The van der Waals surface area contributed by atoms with E-state index in [1.807, 2.05) is 0 Å². The summed E-state index contributed by atoms with van der Waals surface area (Å²) in [4.78, 5) is 33.7. The number of aliphatic carboxylic acids is 1. The molecule has 0 radical (unpaired) electrons. The number of sulfonamides is 1. The third kappa shape index (κ3) is 6.24. The van der Waals surface area contributed by atoms with Gasteiger partial charge in [-0.2, -0.15) is 0 Å². The van der Waals surface area contributed by atoms with Crippen molar-refractivity contribution in [1.29, 1.82) is 0 Å². The lowest BCUT2D eigenvalue weighted by atomic mass is 9.86. The molecule has 10 nitrogen and oxygen atoms in total. The lowest BCUT2D eigenvalue weighted by Crippen LogP contribution is -2.46. The molecule has 0 saturated carbocycles. The number of aromatic nitrogens is 1. The Balaban J connectivity index is 1.48. The van der Waals surface area contributed by atoms with Gasteiger partial charge in [0.2, 0.25) is 10.0 Å². The number of nitrogens with one attached hydrogen (secondary N) is 1. The van der Waals surface area contributed by atoms with Crippen LogP contribution in [-0.2, 0) is 24.3 Å². The molecule has 5 rings (SSSR count). The van der Waals surface area contributed by atoms with Crippen LogP contribution in [0.2, 0.25) is 5.02 Å². The molecule has 0 spiro atoms. The molecular formula is C28H29ClF2N4O6S2. The maximum absolute atomic E-state index is 14.6. The fourth-order valence-corrected chi connectivity index (χ4v) is 8.26. The van der Waals surface area contributed by atoms with Crippen LogP contribution < -0.4 is 5.32 Å². The van der Waals surface area contributed by atoms with Gasteiger partial charge in [-0.25, -0.2) is 31.3 Å². The first-order valence-corrected chi connectivity index (χ1v) is 16.5. The minimum Gasteiger partial charge on any atom is -0.481 e. The first-order chi connectivity index (χ1) is 20.5. The minimum atomic E-state index is -3.74. The van der Waals surface area contributed by atoms with Gasteiger partial charge in [0.1, 0.15) is 6.04 Å². The van der Waals surface area contributed by atoms with E-state index in [1.54, 1.807) is 18.5 Å². The highest BCUT2D eigenvalue weighted by Gasteiger charge is 2.41. The Morgan fingerprint density at radius 2 is 1.93 bits per heavy atom. The first-order valence-electron chi connectivity index (χ1n) is 13.7. The monoisotopic (exact) mass is 654 g/mol. The summed E-state index contributed by atoms with van der Waals surface area (Å²) in [5.74, 6) is -4.85. The maximum Gasteiger partial charge on any atom is 0.338 e. The number of rotatable bonds is 8. The summed E-state index contributed by atoms with van der Waals surface area (Å²) in [6, 6.07) is 1.05. The number of nitrogens with zero attached hydrogens (tertiary/aromatic N) is 3. The first kappa shape index (κ1) is 31.2. The van der Waals surface area contributed by atoms with E-state index in [-0.39, 0.29) is 49.6 Å². The number of carboxylic acids is 1. The number of hydrogen-bond acceptors (Lipinski definition) is 9. The second-order valence-electron chi connectivity index (χ2n) is 10.3. The number of piperidine rings is 1. The Morgan fingerprint density at radius 3 is 2.53 bits per heavy atom. The molecule has 2 aromatic rings. The molecule has 0 unspecified atom stereocenters. The van der Waals surface area contributed by atoms with Crippen molar-refractivity contribution in [1.82, 2.24) is 14.6 Å². The topological polar surface area (TPSA) is 138 Å². The number of carboxylic acid groups (broad SMARTS) is 1. The van der Waals surface area contributed by atoms with Gasteiger partial charge in [-0.1, -0.05) is 29.8 Å². The number of hydrogen-bond donors (Lipinski definition) is 2. The predicted molar refractivity (Wildman–Crippen MR) is 156 cm³/mol. The van der Waals surface area contributed by atoms with Gasteiger partial charge in [-0.05, 0) is 38.7 Å². The Kier molecular flexibility index (Phi) is 9.30. The van der Waals surface area contributed by atoms with Crippen LogP contribution in [0, 0.1) is 23.5 Å². The van der Waals surface area contributed by atoms with Crippen molar-refractivity contribution in [2.45, 2.75) is 43.9 Å². The highest BCUT2D eigenvalue weighted by atomic mass is 35.5. The summed E-state index contributed by atoms with van der Waals surface area (Å²) in [6.45, 7) is 1.99. The number of halogens is 3. The molecule has 3 heterocycles. The summed E-state index contributed by atoms with van der Waals surface area (Å²) in [5, 5.41) is 13.4. The molecule has 3 atom stereocenters. The van der Waals surface area contributed by atoms with E-state index in [0.717, 1.165) is 6.07 Å². The predicted octanol–water partition coefficient (Wildman–Crippen LogP) is 4.44. The van der Waals surface area contributed by atoms with Crippen LogP contribution in [-0.4, -0.2) is 65.5 Å². The molecule has 2 aliphatic heterocycles. The average molecular weight is 655 g/mol. The van der Waals surface area contributed by atoms with Crippen LogP contribution in [0.4, 0.5) is 8.78 Å². The van der Waals surface area contributed by atoms with E-state index in [2.05, 4.69) is 15.3 Å². The summed E-state index contributed by atoms with van der Waals surface area (Å²) in [6.07, 6.45) is 5.59. The van der Waals surface area contributed by atoms with Crippen LogP contribution in [0.3, 0.4) is 0 Å². The average Bonchev–Trinajstić information content (AvgIpc) is 3.55. The van der Waals surface area contributed by atoms with E-state index in [1.165, 1.54) is 33.9 Å². The van der Waals surface area contributed by atoms with E-state index < -0.39 is 55.8 Å². The number of carbonyl (C=O) groups excluding carboxylic acids is 1. The summed E-state index contributed by atoms with van der Waals surface area (Å²) in [7, 11) is -3.74. The smallest absolute Gasteiger partial charge is 0.338 e. The highest BCUT2D eigenvalue weighted by Crippen LogP contribution is 2.41. The van der Waals surface area contributed by atoms with Crippen LogP contribution in [0.15, 0.2) is 52.1 Å². The largest absolute Gasteiger partial charge is 0.481 e. The molecule has 2 N–H and O–H groups in total. The molecule has 1 fully saturated rings.